The molecule has 0 amide bonds. The summed E-state index contributed by atoms with van der Waals surface area (Å²) in [5.74, 6) is 0. The fraction of sp³-hybridized carbons (Fsp3) is 1.00. The first-order chi connectivity index (χ1) is 5.93. The Morgan fingerprint density at radius 3 is 2.92 bits per heavy atom. The summed E-state index contributed by atoms with van der Waals surface area (Å²) in [6.45, 7) is 1.72. The van der Waals surface area contributed by atoms with E-state index in [1.807, 2.05) is 0 Å². The molecule has 1 rings (SSSR count). The second-order valence-electron chi connectivity index (χ2n) is 3.06. The molecule has 0 aliphatic carbocycles. The van der Waals surface area contributed by atoms with Gasteiger partial charge in [0.05, 0.1) is 0 Å². The van der Waals surface area contributed by atoms with Gasteiger partial charge in [0, 0.05) is 18.5 Å². The Bertz CT molecular complexity index is 103. The molecule has 1 aliphatic rings. The Kier molecular flexibility index (Phi) is 6.00. The van der Waals surface area contributed by atoms with Crippen molar-refractivity contribution in [3.63, 3.8) is 0 Å². The lowest BCUT2D eigenvalue weighted by atomic mass is 10.2. The predicted molar refractivity (Wildman–Crippen MR) is 52.6 cm³/mol. The summed E-state index contributed by atoms with van der Waals surface area (Å²) in [4.78, 5) is 0. The zero-order valence-corrected chi connectivity index (χ0v) is 9.01. The monoisotopic (exact) mass is 236 g/mol. The fourth-order valence-corrected chi connectivity index (χ4v) is 1.65. The van der Waals surface area contributed by atoms with Crippen molar-refractivity contribution in [2.45, 2.75) is 38.4 Å². The second-order valence-corrected chi connectivity index (χ2v) is 3.86. The third kappa shape index (κ3) is 4.43. The molecule has 0 aromatic rings. The van der Waals surface area contributed by atoms with E-state index in [0.717, 1.165) is 31.4 Å². The van der Waals surface area contributed by atoms with Crippen LogP contribution in [0.2, 0.25) is 0 Å². The highest BCUT2D eigenvalue weighted by Crippen LogP contribution is 2.13. The lowest BCUT2D eigenvalue weighted by Gasteiger charge is -2.22. The van der Waals surface area contributed by atoms with Gasteiger partial charge in [-0.1, -0.05) is 15.9 Å². The van der Waals surface area contributed by atoms with Crippen LogP contribution < -0.4 is 0 Å². The van der Waals surface area contributed by atoms with Crippen LogP contribution >= 0.6 is 15.9 Å². The van der Waals surface area contributed by atoms with E-state index < -0.39 is 0 Å². The van der Waals surface area contributed by atoms with E-state index in [1.165, 1.54) is 19.3 Å². The van der Waals surface area contributed by atoms with E-state index >= 15 is 0 Å². The van der Waals surface area contributed by atoms with Crippen molar-refractivity contribution in [1.82, 2.24) is 0 Å². The van der Waals surface area contributed by atoms with Crippen LogP contribution in [0.4, 0.5) is 0 Å². The Balaban J connectivity index is 1.91. The molecule has 0 spiro atoms. The first kappa shape index (κ1) is 10.5. The Hall–Kier alpha value is 0.400. The summed E-state index contributed by atoms with van der Waals surface area (Å²) in [5.41, 5.74) is 0. The minimum Gasteiger partial charge on any atom is -0.353 e. The number of halogens is 1. The van der Waals surface area contributed by atoms with Crippen molar-refractivity contribution in [3.8, 4) is 0 Å². The molecule has 0 saturated carbocycles. The van der Waals surface area contributed by atoms with Gasteiger partial charge in [0.25, 0.3) is 0 Å². The molecular formula is C9H17BrO2. The Morgan fingerprint density at radius 2 is 2.25 bits per heavy atom. The quantitative estimate of drug-likeness (QED) is 0.540. The standard InChI is InChI=1S/C9H17BrO2/c10-6-2-4-8-12-9-5-1-3-7-11-9/h9H,1-8H2/t9-/m0/s1. The molecule has 0 bridgehead atoms. The molecule has 0 aromatic carbocycles. The van der Waals surface area contributed by atoms with E-state index in [9.17, 15) is 0 Å². The molecule has 1 heterocycles. The summed E-state index contributed by atoms with van der Waals surface area (Å²) in [5, 5.41) is 1.07. The van der Waals surface area contributed by atoms with Crippen molar-refractivity contribution in [2.24, 2.45) is 0 Å². The maximum Gasteiger partial charge on any atom is 0.157 e. The van der Waals surface area contributed by atoms with E-state index in [1.54, 1.807) is 0 Å². The molecule has 1 atom stereocenters. The smallest absolute Gasteiger partial charge is 0.157 e. The van der Waals surface area contributed by atoms with Gasteiger partial charge in [-0.25, -0.2) is 0 Å². The highest BCUT2D eigenvalue weighted by atomic mass is 79.9. The van der Waals surface area contributed by atoms with E-state index in [-0.39, 0.29) is 6.29 Å². The third-order valence-corrected chi connectivity index (χ3v) is 2.53. The molecule has 72 valence electrons. The normalized spacial score (nSPS) is 24.2. The lowest BCUT2D eigenvalue weighted by molar-refractivity contribution is -0.162. The number of hydrogen-bond acceptors (Lipinski definition) is 2. The first-order valence-electron chi connectivity index (χ1n) is 4.72. The molecule has 12 heavy (non-hydrogen) atoms. The van der Waals surface area contributed by atoms with Crippen LogP contribution in [0.3, 0.4) is 0 Å². The lowest BCUT2D eigenvalue weighted by Crippen LogP contribution is -2.22. The zero-order chi connectivity index (χ0) is 8.65. The van der Waals surface area contributed by atoms with Crippen LogP contribution in [-0.4, -0.2) is 24.8 Å². The minimum atomic E-state index is 0.0917. The van der Waals surface area contributed by atoms with Gasteiger partial charge in [0.1, 0.15) is 0 Å². The number of alkyl halides is 1. The maximum atomic E-state index is 5.54. The number of hydrogen-bond donors (Lipinski definition) is 0. The Morgan fingerprint density at radius 1 is 1.33 bits per heavy atom. The van der Waals surface area contributed by atoms with Crippen LogP contribution in [0.5, 0.6) is 0 Å². The molecule has 1 aliphatic heterocycles. The fourth-order valence-electron chi connectivity index (χ4n) is 1.25. The maximum absolute atomic E-state index is 5.54. The SMILES string of the molecule is BrCCCCO[C@H]1CCCCO1. The molecule has 1 saturated heterocycles. The topological polar surface area (TPSA) is 18.5 Å². The van der Waals surface area contributed by atoms with E-state index in [0.29, 0.717) is 0 Å². The predicted octanol–water partition coefficient (Wildman–Crippen LogP) is 2.70. The van der Waals surface area contributed by atoms with Gasteiger partial charge in [0.2, 0.25) is 0 Å². The van der Waals surface area contributed by atoms with Gasteiger partial charge in [-0.2, -0.15) is 0 Å². The van der Waals surface area contributed by atoms with Crippen molar-refractivity contribution in [3.05, 3.63) is 0 Å². The molecule has 2 nitrogen and oxygen atoms in total. The van der Waals surface area contributed by atoms with Crippen LogP contribution in [0.25, 0.3) is 0 Å². The molecule has 0 aromatic heterocycles. The highest BCUT2D eigenvalue weighted by Gasteiger charge is 2.12. The van der Waals surface area contributed by atoms with E-state index in [2.05, 4.69) is 15.9 Å². The summed E-state index contributed by atoms with van der Waals surface area (Å²) >= 11 is 3.39. The molecule has 1 fully saturated rings. The van der Waals surface area contributed by atoms with Crippen LogP contribution in [0.15, 0.2) is 0 Å². The van der Waals surface area contributed by atoms with Crippen molar-refractivity contribution in [2.75, 3.05) is 18.5 Å². The second kappa shape index (κ2) is 6.87. The molecule has 0 N–H and O–H groups in total. The van der Waals surface area contributed by atoms with Gasteiger partial charge in [0.15, 0.2) is 6.29 Å². The summed E-state index contributed by atoms with van der Waals surface area (Å²) in [6.07, 6.45) is 5.94. The van der Waals surface area contributed by atoms with Gasteiger partial charge in [-0.15, -0.1) is 0 Å². The minimum absolute atomic E-state index is 0.0917. The van der Waals surface area contributed by atoms with Crippen LogP contribution in [-0.2, 0) is 9.47 Å². The van der Waals surface area contributed by atoms with Crippen molar-refractivity contribution >= 4 is 15.9 Å². The highest BCUT2D eigenvalue weighted by molar-refractivity contribution is 9.09. The molecule has 0 unspecified atom stereocenters. The third-order valence-electron chi connectivity index (χ3n) is 1.97. The molecule has 3 heteroatoms. The van der Waals surface area contributed by atoms with Crippen molar-refractivity contribution in [1.29, 1.82) is 0 Å². The first-order valence-corrected chi connectivity index (χ1v) is 5.85. The summed E-state index contributed by atoms with van der Waals surface area (Å²) in [7, 11) is 0. The summed E-state index contributed by atoms with van der Waals surface area (Å²) < 4.78 is 11.0. The van der Waals surface area contributed by atoms with Crippen molar-refractivity contribution < 1.29 is 9.47 Å². The van der Waals surface area contributed by atoms with Crippen LogP contribution in [0, 0.1) is 0 Å². The zero-order valence-electron chi connectivity index (χ0n) is 7.43. The van der Waals surface area contributed by atoms with Gasteiger partial charge < -0.3 is 9.47 Å². The van der Waals surface area contributed by atoms with Gasteiger partial charge >= 0.3 is 0 Å². The molecular weight excluding hydrogens is 220 g/mol. The largest absolute Gasteiger partial charge is 0.353 e. The van der Waals surface area contributed by atoms with Gasteiger partial charge in [-0.05, 0) is 32.1 Å². The average Bonchev–Trinajstić information content (AvgIpc) is 2.14. The number of rotatable bonds is 5. The summed E-state index contributed by atoms with van der Waals surface area (Å²) in [6, 6.07) is 0. The number of unbranched alkanes of at least 4 members (excludes halogenated alkanes) is 1. The molecule has 0 radical (unpaired) electrons. The number of ether oxygens (including phenoxy) is 2. The van der Waals surface area contributed by atoms with Gasteiger partial charge in [-0.3, -0.25) is 0 Å². The Labute approximate surface area is 82.7 Å². The average molecular weight is 237 g/mol. The van der Waals surface area contributed by atoms with E-state index in [4.69, 9.17) is 9.47 Å². The van der Waals surface area contributed by atoms with Crippen LogP contribution in [0.1, 0.15) is 32.1 Å².